The van der Waals surface area contributed by atoms with E-state index in [4.69, 9.17) is 21.1 Å². The van der Waals surface area contributed by atoms with Gasteiger partial charge >= 0.3 is 5.97 Å². The molecule has 1 heterocycles. The molecule has 0 bridgehead atoms. The number of nitrogens with zero attached hydrogens (tertiary/aromatic N) is 3. The minimum Gasteiger partial charge on any atom is -0.446 e. The summed E-state index contributed by atoms with van der Waals surface area (Å²) in [6, 6.07) is 10.3. The number of nitro benzene ring substituents is 1. The molecule has 0 unspecified atom stereocenters. The Kier molecular flexibility index (Phi) is 5.27. The quantitative estimate of drug-likeness (QED) is 0.334. The average molecular weight is 404 g/mol. The van der Waals surface area contributed by atoms with Crippen LogP contribution in [0.1, 0.15) is 31.2 Å². The second-order valence-electron chi connectivity index (χ2n) is 5.79. The summed E-state index contributed by atoms with van der Waals surface area (Å²) >= 11 is 6.18. The number of nitro groups is 1. The normalized spacial score (nSPS) is 15.6. The molecule has 10 heteroatoms. The van der Waals surface area contributed by atoms with Gasteiger partial charge < -0.3 is 9.47 Å². The Hall–Kier alpha value is -3.46. The second-order valence-corrected chi connectivity index (χ2v) is 6.20. The molecule has 1 aliphatic heterocycles. The summed E-state index contributed by atoms with van der Waals surface area (Å²) in [5, 5.41) is 16.4. The first-order valence-corrected chi connectivity index (χ1v) is 8.42. The third-order valence-corrected chi connectivity index (χ3v) is 4.14. The number of carbonyl (C=O) groups is 2. The van der Waals surface area contributed by atoms with Crippen molar-refractivity contribution >= 4 is 35.1 Å². The van der Waals surface area contributed by atoms with E-state index in [1.807, 2.05) is 0 Å². The van der Waals surface area contributed by atoms with E-state index in [0.717, 1.165) is 5.01 Å². The molecule has 0 radical (unpaired) electrons. The summed E-state index contributed by atoms with van der Waals surface area (Å²) in [6.07, 6.45) is -1.11. The lowest BCUT2D eigenvalue weighted by Gasteiger charge is -2.20. The maximum atomic E-state index is 12.1. The highest BCUT2D eigenvalue weighted by Crippen LogP contribution is 2.37. The molecule has 0 aromatic heterocycles. The highest BCUT2D eigenvalue weighted by molar-refractivity contribution is 6.31. The van der Waals surface area contributed by atoms with Crippen molar-refractivity contribution in [1.29, 1.82) is 0 Å². The fourth-order valence-corrected chi connectivity index (χ4v) is 2.81. The van der Waals surface area contributed by atoms with Crippen LogP contribution >= 0.6 is 11.6 Å². The number of benzene rings is 2. The highest BCUT2D eigenvalue weighted by atomic mass is 35.5. The molecule has 2 aromatic carbocycles. The number of halogens is 1. The molecule has 9 nitrogen and oxygen atoms in total. The zero-order chi connectivity index (χ0) is 20.4. The fourth-order valence-electron chi connectivity index (χ4n) is 2.60. The molecule has 2 aromatic rings. The largest absolute Gasteiger partial charge is 0.446 e. The summed E-state index contributed by atoms with van der Waals surface area (Å²) in [5.74, 6) is -0.789. The van der Waals surface area contributed by atoms with E-state index < -0.39 is 23.0 Å². The smallest absolute Gasteiger partial charge is 0.308 e. The van der Waals surface area contributed by atoms with Crippen molar-refractivity contribution < 1.29 is 24.0 Å². The lowest BCUT2D eigenvalue weighted by atomic mass is 10.1. The number of esters is 1. The third-order valence-electron chi connectivity index (χ3n) is 3.79. The van der Waals surface area contributed by atoms with Crippen LogP contribution in [0.5, 0.6) is 5.75 Å². The summed E-state index contributed by atoms with van der Waals surface area (Å²) in [7, 11) is 0. The van der Waals surface area contributed by atoms with Gasteiger partial charge in [-0.15, -0.1) is 5.10 Å². The molecule has 0 N–H and O–H groups in total. The maximum Gasteiger partial charge on any atom is 0.308 e. The van der Waals surface area contributed by atoms with Crippen LogP contribution in [0.3, 0.4) is 0 Å². The molecular weight excluding hydrogens is 390 g/mol. The minimum atomic E-state index is -1.11. The van der Waals surface area contributed by atoms with Crippen LogP contribution in [0.2, 0.25) is 5.02 Å². The van der Waals surface area contributed by atoms with E-state index in [0.29, 0.717) is 5.56 Å². The molecule has 28 heavy (non-hydrogen) atoms. The van der Waals surface area contributed by atoms with E-state index >= 15 is 0 Å². The zero-order valence-corrected chi connectivity index (χ0v) is 15.5. The topological polar surface area (TPSA) is 111 Å². The highest BCUT2D eigenvalue weighted by Gasteiger charge is 2.36. The first kappa shape index (κ1) is 19.3. The predicted molar refractivity (Wildman–Crippen MR) is 98.7 cm³/mol. The van der Waals surface area contributed by atoms with E-state index in [-0.39, 0.29) is 27.9 Å². The maximum absolute atomic E-state index is 12.1. The number of hydrogen-bond donors (Lipinski definition) is 0. The van der Waals surface area contributed by atoms with Crippen LogP contribution < -0.4 is 4.74 Å². The molecule has 0 aliphatic carbocycles. The van der Waals surface area contributed by atoms with Crippen LogP contribution in [-0.4, -0.2) is 27.7 Å². The second kappa shape index (κ2) is 7.65. The lowest BCUT2D eigenvalue weighted by molar-refractivity contribution is -0.385. The molecule has 1 amide bonds. The van der Waals surface area contributed by atoms with Crippen molar-refractivity contribution in [2.75, 3.05) is 0 Å². The number of ether oxygens (including phenoxy) is 2. The monoisotopic (exact) mass is 403 g/mol. The van der Waals surface area contributed by atoms with Gasteiger partial charge in [-0.25, -0.2) is 0 Å². The van der Waals surface area contributed by atoms with Gasteiger partial charge in [0.2, 0.25) is 18.0 Å². The van der Waals surface area contributed by atoms with Crippen LogP contribution in [0.4, 0.5) is 5.69 Å². The van der Waals surface area contributed by atoms with Crippen molar-refractivity contribution in [3.63, 3.8) is 0 Å². The Bertz CT molecular complexity index is 1010. The molecule has 0 fully saturated rings. The van der Waals surface area contributed by atoms with E-state index in [2.05, 4.69) is 5.10 Å². The number of hydrazone groups is 1. The van der Waals surface area contributed by atoms with Gasteiger partial charge in [0, 0.05) is 36.6 Å². The van der Waals surface area contributed by atoms with Crippen molar-refractivity contribution in [3.8, 4) is 5.75 Å². The van der Waals surface area contributed by atoms with Gasteiger partial charge in [0.05, 0.1) is 10.5 Å². The zero-order valence-electron chi connectivity index (χ0n) is 14.8. The molecule has 0 saturated carbocycles. The SMILES string of the molecule is CC(=O)Oc1ccccc1C1=NN(C(C)=O)[C@H](c2cc([N+](=O)[O-])ccc2Cl)O1. The summed E-state index contributed by atoms with van der Waals surface area (Å²) in [6.45, 7) is 2.52. The van der Waals surface area contributed by atoms with Crippen LogP contribution in [-0.2, 0) is 14.3 Å². The number of amides is 1. The van der Waals surface area contributed by atoms with Gasteiger partial charge in [-0.3, -0.25) is 19.7 Å². The van der Waals surface area contributed by atoms with Crippen molar-refractivity contribution in [1.82, 2.24) is 5.01 Å². The van der Waals surface area contributed by atoms with Gasteiger partial charge in [-0.05, 0) is 18.2 Å². The van der Waals surface area contributed by atoms with Crippen LogP contribution in [0, 0.1) is 10.1 Å². The molecule has 0 spiro atoms. The van der Waals surface area contributed by atoms with Crippen LogP contribution in [0.15, 0.2) is 47.6 Å². The Morgan fingerprint density at radius 1 is 1.25 bits per heavy atom. The number of para-hydroxylation sites is 1. The summed E-state index contributed by atoms with van der Waals surface area (Å²) in [4.78, 5) is 33.9. The molecule has 1 atom stereocenters. The number of carbonyl (C=O) groups excluding carboxylic acids is 2. The van der Waals surface area contributed by atoms with Gasteiger partial charge in [0.25, 0.3) is 5.69 Å². The van der Waals surface area contributed by atoms with E-state index in [9.17, 15) is 19.7 Å². The molecule has 144 valence electrons. The van der Waals surface area contributed by atoms with Crippen molar-refractivity contribution in [2.45, 2.75) is 20.1 Å². The number of non-ortho nitro benzene ring substituents is 1. The van der Waals surface area contributed by atoms with Gasteiger partial charge in [0.1, 0.15) is 5.75 Å². The third kappa shape index (κ3) is 3.79. The van der Waals surface area contributed by atoms with Gasteiger partial charge in [-0.2, -0.15) is 5.01 Å². The Morgan fingerprint density at radius 3 is 2.61 bits per heavy atom. The standard InChI is InChI=1S/C18H14ClN3O6/c1-10(23)21-18(14-9-12(22(25)26)7-8-15(14)19)28-17(20-21)13-5-3-4-6-16(13)27-11(2)24/h3-9,18H,1-2H3/t18-/m0/s1. The first-order valence-electron chi connectivity index (χ1n) is 8.04. The van der Waals surface area contributed by atoms with E-state index in [1.165, 1.54) is 32.0 Å². The molecule has 1 aliphatic rings. The molecular formula is C18H14ClN3O6. The first-order chi connectivity index (χ1) is 13.3. The minimum absolute atomic E-state index is 0.0135. The molecule has 3 rings (SSSR count). The van der Waals surface area contributed by atoms with Gasteiger partial charge in [-0.1, -0.05) is 23.7 Å². The number of hydrogen-bond acceptors (Lipinski definition) is 7. The number of rotatable bonds is 4. The van der Waals surface area contributed by atoms with E-state index in [1.54, 1.807) is 24.3 Å². The van der Waals surface area contributed by atoms with Crippen molar-refractivity contribution in [2.24, 2.45) is 5.10 Å². The lowest BCUT2D eigenvalue weighted by Crippen LogP contribution is -2.25. The Labute approximate surface area is 164 Å². The van der Waals surface area contributed by atoms with Gasteiger partial charge in [0.15, 0.2) is 0 Å². The molecule has 0 saturated heterocycles. The predicted octanol–water partition coefficient (Wildman–Crippen LogP) is 3.41. The average Bonchev–Trinajstić information content (AvgIpc) is 3.07. The van der Waals surface area contributed by atoms with Crippen LogP contribution in [0.25, 0.3) is 0 Å². The summed E-state index contributed by atoms with van der Waals surface area (Å²) in [5.41, 5.74) is 0.336. The Morgan fingerprint density at radius 2 is 1.96 bits per heavy atom. The summed E-state index contributed by atoms with van der Waals surface area (Å²) < 4.78 is 11.0. The van der Waals surface area contributed by atoms with Crippen molar-refractivity contribution in [3.05, 3.63) is 68.7 Å². The fraction of sp³-hybridized carbons (Fsp3) is 0.167. The Balaban J connectivity index is 2.03.